The number of carbonyl (C=O) groups excluding carboxylic acids is 3. The molecule has 9 nitrogen and oxygen atoms in total. The molecule has 0 saturated carbocycles. The van der Waals surface area contributed by atoms with E-state index >= 15 is 0 Å². The summed E-state index contributed by atoms with van der Waals surface area (Å²) in [5.74, 6) is -0.0859. The minimum atomic E-state index is -0.920. The van der Waals surface area contributed by atoms with Crippen molar-refractivity contribution in [3.8, 4) is 0 Å². The van der Waals surface area contributed by atoms with Gasteiger partial charge in [0.2, 0.25) is 0 Å². The number of esters is 1. The number of hydrogen-bond donors (Lipinski definition) is 3. The average Bonchev–Trinajstić information content (AvgIpc) is 2.87. The van der Waals surface area contributed by atoms with Crippen molar-refractivity contribution in [3.63, 3.8) is 0 Å². The Balaban J connectivity index is 2.17. The Morgan fingerprint density at radius 3 is 2.70 bits per heavy atom. The number of unbranched alkanes of at least 4 members (excludes halogenated alkanes) is 2. The van der Waals surface area contributed by atoms with Crippen LogP contribution >= 0.6 is 0 Å². The topological polar surface area (TPSA) is 137 Å². The van der Waals surface area contributed by atoms with Gasteiger partial charge >= 0.3 is 12.0 Å². The molecule has 0 aliphatic rings. The zero-order valence-corrected chi connectivity index (χ0v) is 13.3. The Bertz CT molecular complexity index is 543. The molecule has 0 fully saturated rings. The molecule has 0 aliphatic heterocycles. The monoisotopic (exact) mass is 326 g/mol. The third-order valence-electron chi connectivity index (χ3n) is 2.91. The lowest BCUT2D eigenvalue weighted by atomic mass is 10.2. The van der Waals surface area contributed by atoms with Crippen LogP contribution in [0.15, 0.2) is 10.6 Å². The molecule has 0 radical (unpaired) electrons. The summed E-state index contributed by atoms with van der Waals surface area (Å²) in [6, 6.07) is 0.999. The standard InChI is InChI=1S/C14H22N4O5/c1-9-8-11(18-23-9)17-13(20)10(2)22-12(19)6-4-3-5-7-16-14(15)21/h8,10H,3-7H2,1-2H3,(H3,15,16,21)(H,17,18,20)/t10-/m1/s1. The van der Waals surface area contributed by atoms with Crippen molar-refractivity contribution >= 4 is 23.7 Å². The Hall–Kier alpha value is -2.58. The number of nitrogens with zero attached hydrogens (tertiary/aromatic N) is 1. The van der Waals surface area contributed by atoms with Gasteiger partial charge in [-0.1, -0.05) is 11.6 Å². The summed E-state index contributed by atoms with van der Waals surface area (Å²) in [7, 11) is 0. The maximum Gasteiger partial charge on any atom is 0.312 e. The van der Waals surface area contributed by atoms with Gasteiger partial charge in [-0.15, -0.1) is 0 Å². The molecule has 23 heavy (non-hydrogen) atoms. The largest absolute Gasteiger partial charge is 0.453 e. The Labute approximate surface area is 133 Å². The summed E-state index contributed by atoms with van der Waals surface area (Å²) in [5.41, 5.74) is 4.92. The van der Waals surface area contributed by atoms with E-state index in [-0.39, 0.29) is 12.2 Å². The van der Waals surface area contributed by atoms with E-state index in [0.29, 0.717) is 18.7 Å². The van der Waals surface area contributed by atoms with Crippen LogP contribution in [0.2, 0.25) is 0 Å². The van der Waals surface area contributed by atoms with E-state index in [2.05, 4.69) is 15.8 Å². The van der Waals surface area contributed by atoms with Crippen molar-refractivity contribution in [2.24, 2.45) is 5.73 Å². The molecule has 0 aliphatic carbocycles. The molecule has 4 N–H and O–H groups in total. The van der Waals surface area contributed by atoms with E-state index in [1.54, 1.807) is 13.0 Å². The van der Waals surface area contributed by atoms with Crippen molar-refractivity contribution < 1.29 is 23.6 Å². The SMILES string of the molecule is Cc1cc(NC(=O)[C@@H](C)OC(=O)CCCCCNC(N)=O)no1. The summed E-state index contributed by atoms with van der Waals surface area (Å²) in [6.07, 6.45) is 1.36. The van der Waals surface area contributed by atoms with Crippen LogP contribution in [0.4, 0.5) is 10.6 Å². The second kappa shape index (κ2) is 9.44. The quantitative estimate of drug-likeness (QED) is 0.459. The molecule has 0 bridgehead atoms. The molecule has 0 unspecified atom stereocenters. The van der Waals surface area contributed by atoms with Crippen molar-refractivity contribution in [3.05, 3.63) is 11.8 Å². The van der Waals surface area contributed by atoms with Crippen molar-refractivity contribution in [1.29, 1.82) is 0 Å². The number of nitrogens with one attached hydrogen (secondary N) is 2. The van der Waals surface area contributed by atoms with E-state index < -0.39 is 24.0 Å². The average molecular weight is 326 g/mol. The van der Waals surface area contributed by atoms with E-state index in [1.165, 1.54) is 6.92 Å². The third-order valence-corrected chi connectivity index (χ3v) is 2.91. The zero-order chi connectivity index (χ0) is 17.2. The lowest BCUT2D eigenvalue weighted by Gasteiger charge is -2.12. The molecular weight excluding hydrogens is 304 g/mol. The van der Waals surface area contributed by atoms with Gasteiger partial charge in [-0.2, -0.15) is 0 Å². The number of urea groups is 1. The summed E-state index contributed by atoms with van der Waals surface area (Å²) in [6.45, 7) is 3.66. The predicted octanol–water partition coefficient (Wildman–Crippen LogP) is 1.08. The maximum atomic E-state index is 11.8. The number of nitrogens with two attached hydrogens (primary N) is 1. The maximum absolute atomic E-state index is 11.8. The van der Waals surface area contributed by atoms with Crippen LogP contribution < -0.4 is 16.4 Å². The van der Waals surface area contributed by atoms with Crippen LogP contribution in [0.5, 0.6) is 0 Å². The number of carbonyl (C=O) groups is 3. The summed E-state index contributed by atoms with van der Waals surface area (Å²) in [4.78, 5) is 33.9. The molecule has 1 aromatic rings. The Morgan fingerprint density at radius 1 is 1.35 bits per heavy atom. The number of aryl methyl sites for hydroxylation is 1. The highest BCUT2D eigenvalue weighted by Crippen LogP contribution is 2.09. The number of primary amides is 1. The Kier molecular flexibility index (Phi) is 7.58. The number of anilines is 1. The molecule has 0 spiro atoms. The smallest absolute Gasteiger partial charge is 0.312 e. The van der Waals surface area contributed by atoms with Gasteiger partial charge in [0.15, 0.2) is 11.9 Å². The third kappa shape index (κ3) is 7.84. The van der Waals surface area contributed by atoms with Crippen molar-refractivity contribution in [2.75, 3.05) is 11.9 Å². The molecule has 1 rings (SSSR count). The van der Waals surface area contributed by atoms with Crippen LogP contribution in [0.25, 0.3) is 0 Å². The fourth-order valence-electron chi connectivity index (χ4n) is 1.75. The second-order valence-electron chi connectivity index (χ2n) is 5.05. The first-order valence-corrected chi connectivity index (χ1v) is 7.35. The summed E-state index contributed by atoms with van der Waals surface area (Å²) >= 11 is 0. The van der Waals surface area contributed by atoms with Gasteiger partial charge in [-0.25, -0.2) is 4.79 Å². The van der Waals surface area contributed by atoms with Crippen molar-refractivity contribution in [1.82, 2.24) is 10.5 Å². The van der Waals surface area contributed by atoms with Gasteiger partial charge in [0.1, 0.15) is 5.76 Å². The second-order valence-corrected chi connectivity index (χ2v) is 5.05. The van der Waals surface area contributed by atoms with Crippen LogP contribution in [-0.4, -0.2) is 35.7 Å². The van der Waals surface area contributed by atoms with E-state index in [0.717, 1.165) is 12.8 Å². The molecule has 1 aromatic heterocycles. The van der Waals surface area contributed by atoms with Gasteiger partial charge in [-0.05, 0) is 26.7 Å². The van der Waals surface area contributed by atoms with Crippen LogP contribution in [-0.2, 0) is 14.3 Å². The first-order valence-electron chi connectivity index (χ1n) is 7.35. The molecule has 0 aromatic carbocycles. The number of ether oxygens (including phenoxy) is 1. The van der Waals surface area contributed by atoms with Crippen molar-refractivity contribution in [2.45, 2.75) is 45.6 Å². The lowest BCUT2D eigenvalue weighted by Crippen LogP contribution is -2.30. The molecule has 1 heterocycles. The van der Waals surface area contributed by atoms with Gasteiger partial charge in [0, 0.05) is 19.0 Å². The zero-order valence-electron chi connectivity index (χ0n) is 13.3. The van der Waals surface area contributed by atoms with Gasteiger partial charge in [0.25, 0.3) is 5.91 Å². The number of rotatable bonds is 9. The molecular formula is C14H22N4O5. The number of hydrogen-bond acceptors (Lipinski definition) is 6. The fourth-order valence-corrected chi connectivity index (χ4v) is 1.75. The normalized spacial score (nSPS) is 11.6. The van der Waals surface area contributed by atoms with Gasteiger partial charge < -0.3 is 25.6 Å². The highest BCUT2D eigenvalue weighted by molar-refractivity contribution is 5.94. The van der Waals surface area contributed by atoms with E-state index in [4.69, 9.17) is 15.0 Å². The molecule has 9 heteroatoms. The molecule has 1 atom stereocenters. The molecule has 3 amide bonds. The highest BCUT2D eigenvalue weighted by Gasteiger charge is 2.18. The molecule has 128 valence electrons. The van der Waals surface area contributed by atoms with E-state index in [9.17, 15) is 14.4 Å². The van der Waals surface area contributed by atoms with Gasteiger partial charge in [-0.3, -0.25) is 9.59 Å². The summed E-state index contributed by atoms with van der Waals surface area (Å²) < 4.78 is 9.86. The number of amides is 3. The number of aromatic nitrogens is 1. The van der Waals surface area contributed by atoms with Crippen LogP contribution in [0.1, 0.15) is 38.4 Å². The lowest BCUT2D eigenvalue weighted by molar-refractivity contribution is -0.153. The Morgan fingerprint density at radius 2 is 2.09 bits per heavy atom. The van der Waals surface area contributed by atoms with Gasteiger partial charge in [0.05, 0.1) is 0 Å². The molecule has 0 saturated heterocycles. The summed E-state index contributed by atoms with van der Waals surface area (Å²) in [5, 5.41) is 8.57. The predicted molar refractivity (Wildman–Crippen MR) is 81.5 cm³/mol. The van der Waals surface area contributed by atoms with Crippen LogP contribution in [0, 0.1) is 6.92 Å². The van der Waals surface area contributed by atoms with Crippen LogP contribution in [0.3, 0.4) is 0 Å². The minimum absolute atomic E-state index is 0.206. The fraction of sp³-hybridized carbons (Fsp3) is 0.571. The first kappa shape index (κ1) is 18.5. The minimum Gasteiger partial charge on any atom is -0.453 e. The highest BCUT2D eigenvalue weighted by atomic mass is 16.5. The first-order chi connectivity index (χ1) is 10.9. The van der Waals surface area contributed by atoms with E-state index in [1.807, 2.05) is 0 Å².